The maximum Gasteiger partial charge on any atom is 0.137 e. The first kappa shape index (κ1) is 28.4. The first-order valence-electron chi connectivity index (χ1n) is 17.1. The fourth-order valence-electron chi connectivity index (χ4n) is 7.46. The van der Waals surface area contributed by atoms with Crippen LogP contribution in [0.25, 0.3) is 76.5 Å². The number of hydrogen-bond donors (Lipinski definition) is 0. The van der Waals surface area contributed by atoms with E-state index in [2.05, 4.69) is 193 Å². The van der Waals surface area contributed by atoms with Crippen molar-refractivity contribution in [3.63, 3.8) is 0 Å². The summed E-state index contributed by atoms with van der Waals surface area (Å²) in [6.45, 7) is 0. The molecule has 0 atom stereocenters. The Hall–Kier alpha value is -6.64. The fraction of sp³-hybridized carbons (Fsp3) is 0. The number of nitrogens with zero attached hydrogens (tertiary/aromatic N) is 1. The summed E-state index contributed by atoms with van der Waals surface area (Å²) in [5.41, 5.74) is 9.75. The summed E-state index contributed by atoms with van der Waals surface area (Å²) < 4.78 is 6.52. The highest BCUT2D eigenvalue weighted by Crippen LogP contribution is 2.41. The van der Waals surface area contributed by atoms with E-state index in [1.165, 1.54) is 54.6 Å². The second-order valence-corrected chi connectivity index (χ2v) is 13.0. The molecule has 0 aliphatic heterocycles. The van der Waals surface area contributed by atoms with E-state index in [1.807, 2.05) is 0 Å². The van der Waals surface area contributed by atoms with E-state index in [-0.39, 0.29) is 0 Å². The zero-order chi connectivity index (χ0) is 33.0. The minimum atomic E-state index is 0.874. The van der Waals surface area contributed by atoms with Gasteiger partial charge in [0.15, 0.2) is 0 Å². The van der Waals surface area contributed by atoms with Crippen LogP contribution < -0.4 is 4.90 Å². The number of fused-ring (bicyclic) bond motifs is 7. The molecule has 0 unspecified atom stereocenters. The number of furan rings is 1. The minimum absolute atomic E-state index is 0.874. The van der Waals surface area contributed by atoms with Crippen LogP contribution in [-0.2, 0) is 0 Å². The van der Waals surface area contributed by atoms with Gasteiger partial charge in [-0.1, -0.05) is 127 Å². The van der Waals surface area contributed by atoms with Gasteiger partial charge in [-0.3, -0.25) is 0 Å². The molecular weight excluding hydrogens is 607 g/mol. The molecule has 1 heterocycles. The Bertz CT molecular complexity index is 2850. The third-order valence-corrected chi connectivity index (χ3v) is 10.0. The molecule has 10 rings (SSSR count). The first-order valence-corrected chi connectivity index (χ1v) is 17.1. The summed E-state index contributed by atoms with van der Waals surface area (Å²) in [6, 6.07) is 67.5. The van der Waals surface area contributed by atoms with Crippen LogP contribution in [0.1, 0.15) is 0 Å². The number of benzene rings is 9. The lowest BCUT2D eigenvalue weighted by Gasteiger charge is -2.26. The van der Waals surface area contributed by atoms with Gasteiger partial charge in [0.1, 0.15) is 11.2 Å². The van der Waals surface area contributed by atoms with E-state index in [4.69, 9.17) is 4.42 Å². The van der Waals surface area contributed by atoms with Gasteiger partial charge in [-0.2, -0.15) is 0 Å². The Kier molecular flexibility index (Phi) is 6.53. The molecule has 0 aliphatic rings. The highest BCUT2D eigenvalue weighted by Gasteiger charge is 2.17. The smallest absolute Gasteiger partial charge is 0.137 e. The molecule has 0 fully saturated rings. The van der Waals surface area contributed by atoms with Crippen LogP contribution in [0.5, 0.6) is 0 Å². The molecule has 0 bridgehead atoms. The van der Waals surface area contributed by atoms with Crippen LogP contribution in [0, 0.1) is 0 Å². The van der Waals surface area contributed by atoms with E-state index in [9.17, 15) is 0 Å². The molecule has 1 aromatic heterocycles. The first-order chi connectivity index (χ1) is 24.7. The molecule has 0 saturated carbocycles. The number of rotatable bonds is 5. The summed E-state index contributed by atoms with van der Waals surface area (Å²) in [7, 11) is 0. The van der Waals surface area contributed by atoms with Gasteiger partial charge in [0, 0.05) is 33.9 Å². The van der Waals surface area contributed by atoms with Crippen molar-refractivity contribution >= 4 is 71.3 Å². The van der Waals surface area contributed by atoms with Crippen LogP contribution in [-0.4, -0.2) is 0 Å². The van der Waals surface area contributed by atoms with Gasteiger partial charge in [-0.05, 0) is 109 Å². The largest absolute Gasteiger partial charge is 0.456 e. The minimum Gasteiger partial charge on any atom is -0.456 e. The van der Waals surface area contributed by atoms with E-state index in [0.717, 1.165) is 39.0 Å². The lowest BCUT2D eigenvalue weighted by molar-refractivity contribution is 0.669. The maximum atomic E-state index is 6.52. The second-order valence-electron chi connectivity index (χ2n) is 13.0. The van der Waals surface area contributed by atoms with Crippen molar-refractivity contribution in [1.29, 1.82) is 0 Å². The maximum absolute atomic E-state index is 6.52. The Morgan fingerprint density at radius 1 is 0.280 bits per heavy atom. The molecule has 0 spiro atoms. The monoisotopic (exact) mass is 637 g/mol. The van der Waals surface area contributed by atoms with Gasteiger partial charge in [0.25, 0.3) is 0 Å². The van der Waals surface area contributed by atoms with Crippen molar-refractivity contribution in [3.05, 3.63) is 188 Å². The summed E-state index contributed by atoms with van der Waals surface area (Å²) in [5.74, 6) is 0. The molecule has 0 N–H and O–H groups in total. The van der Waals surface area contributed by atoms with Gasteiger partial charge in [-0.15, -0.1) is 0 Å². The lowest BCUT2D eigenvalue weighted by Crippen LogP contribution is -2.09. The third-order valence-electron chi connectivity index (χ3n) is 10.0. The summed E-state index contributed by atoms with van der Waals surface area (Å²) >= 11 is 0. The normalized spacial score (nSPS) is 11.6. The zero-order valence-electron chi connectivity index (χ0n) is 27.3. The molecule has 2 heteroatoms. The summed E-state index contributed by atoms with van der Waals surface area (Å²) in [4.78, 5) is 2.32. The van der Waals surface area contributed by atoms with Gasteiger partial charge >= 0.3 is 0 Å². The molecule has 10 aromatic rings. The Labute approximate surface area is 290 Å². The van der Waals surface area contributed by atoms with E-state index in [1.54, 1.807) is 0 Å². The van der Waals surface area contributed by atoms with Gasteiger partial charge < -0.3 is 9.32 Å². The molecule has 0 aliphatic carbocycles. The van der Waals surface area contributed by atoms with Gasteiger partial charge in [0.05, 0.1) is 0 Å². The molecule has 50 heavy (non-hydrogen) atoms. The zero-order valence-corrected chi connectivity index (χ0v) is 27.3. The highest BCUT2D eigenvalue weighted by atomic mass is 16.3. The van der Waals surface area contributed by atoms with Crippen molar-refractivity contribution < 1.29 is 4.42 Å². The SMILES string of the molecule is c1ccc(-c2ccc(N(c3ccc(-c4ccc5ccc6ccccc6c5c4)cc3)c3ccc4c(c3)oc3cc5ccccc5cc34)cc2)cc1. The third kappa shape index (κ3) is 4.81. The van der Waals surface area contributed by atoms with Crippen LogP contribution in [0.4, 0.5) is 17.1 Å². The predicted octanol–water partition coefficient (Wildman–Crippen LogP) is 13.8. The molecule has 0 radical (unpaired) electrons. The Morgan fingerprint density at radius 2 is 0.800 bits per heavy atom. The van der Waals surface area contributed by atoms with Crippen molar-refractivity contribution in [2.45, 2.75) is 0 Å². The van der Waals surface area contributed by atoms with Gasteiger partial charge in [0.2, 0.25) is 0 Å². The Balaban J connectivity index is 1.08. The molecular formula is C48H31NO. The van der Waals surface area contributed by atoms with E-state index >= 15 is 0 Å². The van der Waals surface area contributed by atoms with Crippen LogP contribution in [0.3, 0.4) is 0 Å². The molecule has 9 aromatic carbocycles. The van der Waals surface area contributed by atoms with E-state index in [0.29, 0.717) is 0 Å². The van der Waals surface area contributed by atoms with Gasteiger partial charge in [-0.25, -0.2) is 0 Å². The standard InChI is InChI=1S/C48H31NO/c1-2-8-32(9-3-1)33-18-22-40(23-19-33)49(42-26-27-44-46-29-37-11-4-5-12-38(37)30-47(46)50-48(44)31-42)41-24-20-34(21-25-41)39-17-16-36-15-14-35-10-6-7-13-43(35)45(36)28-39/h1-31H. The van der Waals surface area contributed by atoms with Crippen molar-refractivity contribution in [2.24, 2.45) is 0 Å². The quantitative estimate of drug-likeness (QED) is 0.175. The second kappa shape index (κ2) is 11.5. The van der Waals surface area contributed by atoms with Crippen molar-refractivity contribution in [3.8, 4) is 22.3 Å². The van der Waals surface area contributed by atoms with Crippen molar-refractivity contribution in [1.82, 2.24) is 0 Å². The summed E-state index contributed by atoms with van der Waals surface area (Å²) in [5, 5.41) is 9.72. The molecule has 0 saturated heterocycles. The number of hydrogen-bond acceptors (Lipinski definition) is 2. The topological polar surface area (TPSA) is 16.4 Å². The summed E-state index contributed by atoms with van der Waals surface area (Å²) in [6.07, 6.45) is 0. The van der Waals surface area contributed by atoms with Crippen LogP contribution >= 0.6 is 0 Å². The van der Waals surface area contributed by atoms with Crippen LogP contribution in [0.15, 0.2) is 192 Å². The molecule has 0 amide bonds. The predicted molar refractivity (Wildman–Crippen MR) is 212 cm³/mol. The average Bonchev–Trinajstić information content (AvgIpc) is 3.54. The van der Waals surface area contributed by atoms with Crippen molar-refractivity contribution in [2.75, 3.05) is 4.90 Å². The lowest BCUT2D eigenvalue weighted by atomic mass is 9.97. The highest BCUT2D eigenvalue weighted by molar-refractivity contribution is 6.11. The Morgan fingerprint density at radius 3 is 1.54 bits per heavy atom. The van der Waals surface area contributed by atoms with Crippen LogP contribution in [0.2, 0.25) is 0 Å². The fourth-order valence-corrected chi connectivity index (χ4v) is 7.46. The molecule has 234 valence electrons. The number of anilines is 3. The van der Waals surface area contributed by atoms with E-state index < -0.39 is 0 Å². The molecule has 2 nitrogen and oxygen atoms in total. The average molecular weight is 638 g/mol.